The van der Waals surface area contributed by atoms with Crippen LogP contribution < -0.4 is 15.8 Å². The van der Waals surface area contributed by atoms with Gasteiger partial charge in [0.1, 0.15) is 0 Å². The number of nitrogens with two attached hydrogens (primary N) is 1. The number of rotatable bonds is 8. The molecule has 0 spiro atoms. The number of carbonyl (C=O) groups excluding carboxylic acids is 1. The van der Waals surface area contributed by atoms with Crippen molar-refractivity contribution in [3.05, 3.63) is 40.7 Å². The van der Waals surface area contributed by atoms with Crippen LogP contribution in [0.3, 0.4) is 0 Å². The van der Waals surface area contributed by atoms with E-state index in [1.165, 1.54) is 12.1 Å². The number of nitrogens with zero attached hydrogens (tertiary/aromatic N) is 1. The normalized spacial score (nSPS) is 11.0. The highest BCUT2D eigenvalue weighted by Gasteiger charge is 2.15. The topological polar surface area (TPSA) is 127 Å². The second kappa shape index (κ2) is 9.89. The summed E-state index contributed by atoms with van der Waals surface area (Å²) in [5.41, 5.74) is 7.00. The van der Waals surface area contributed by atoms with Gasteiger partial charge in [0.2, 0.25) is 21.1 Å². The first-order chi connectivity index (χ1) is 11.8. The Labute approximate surface area is 162 Å². The van der Waals surface area contributed by atoms with Crippen molar-refractivity contribution in [3.63, 3.8) is 0 Å². The fourth-order valence-corrected chi connectivity index (χ4v) is 3.48. The van der Waals surface area contributed by atoms with Crippen LogP contribution >= 0.6 is 24.0 Å². The zero-order chi connectivity index (χ0) is 18.4. The fraction of sp³-hybridized carbons (Fsp3) is 0.333. The van der Waals surface area contributed by atoms with Crippen LogP contribution in [0.2, 0.25) is 5.22 Å². The number of halogens is 2. The molecule has 0 fully saturated rings. The second-order valence-electron chi connectivity index (χ2n) is 5.28. The Hall–Kier alpha value is -1.65. The molecule has 0 radical (unpaired) electrons. The van der Waals surface area contributed by atoms with Gasteiger partial charge in [-0.2, -0.15) is 0 Å². The molecule has 0 saturated heterocycles. The van der Waals surface area contributed by atoms with Gasteiger partial charge in [-0.1, -0.05) is 11.2 Å². The molecule has 8 nitrogen and oxygen atoms in total. The molecule has 0 aliphatic heterocycles. The van der Waals surface area contributed by atoms with E-state index < -0.39 is 10.0 Å². The molecule has 11 heteroatoms. The van der Waals surface area contributed by atoms with Crippen molar-refractivity contribution in [1.82, 2.24) is 9.88 Å². The predicted octanol–water partition coefficient (Wildman–Crippen LogP) is 1.87. The predicted molar refractivity (Wildman–Crippen MR) is 101 cm³/mol. The monoisotopic (exact) mass is 422 g/mol. The summed E-state index contributed by atoms with van der Waals surface area (Å²) in [7, 11) is -3.66. The van der Waals surface area contributed by atoms with Gasteiger partial charge in [-0.05, 0) is 43.1 Å². The van der Waals surface area contributed by atoms with Crippen molar-refractivity contribution in [1.29, 1.82) is 0 Å². The summed E-state index contributed by atoms with van der Waals surface area (Å²) in [5.74, 6) is -0.277. The highest BCUT2D eigenvalue weighted by Crippen LogP contribution is 2.21. The average molecular weight is 423 g/mol. The first kappa shape index (κ1) is 22.4. The molecule has 0 aliphatic carbocycles. The van der Waals surface area contributed by atoms with Gasteiger partial charge in [0, 0.05) is 30.8 Å². The zero-order valence-corrected chi connectivity index (χ0v) is 16.4. The van der Waals surface area contributed by atoms with E-state index in [0.29, 0.717) is 23.4 Å². The SMILES string of the molecule is Cc1noc(Cl)c1CCC(=O)Nc1cccc(S(=O)(=O)NCCN)c1.Cl. The maximum Gasteiger partial charge on any atom is 0.240 e. The maximum absolute atomic E-state index is 12.1. The Morgan fingerprint density at radius 3 is 2.73 bits per heavy atom. The lowest BCUT2D eigenvalue weighted by atomic mass is 10.1. The van der Waals surface area contributed by atoms with Gasteiger partial charge in [-0.15, -0.1) is 12.4 Å². The number of aromatic nitrogens is 1. The number of benzene rings is 1. The molecule has 0 unspecified atom stereocenters. The lowest BCUT2D eigenvalue weighted by Gasteiger charge is -2.09. The number of carbonyl (C=O) groups is 1. The van der Waals surface area contributed by atoms with Crippen LogP contribution in [0.4, 0.5) is 5.69 Å². The maximum atomic E-state index is 12.1. The van der Waals surface area contributed by atoms with Crippen molar-refractivity contribution in [2.24, 2.45) is 5.73 Å². The van der Waals surface area contributed by atoms with Crippen LogP contribution in [0.5, 0.6) is 0 Å². The fourth-order valence-electron chi connectivity index (χ4n) is 2.12. The van der Waals surface area contributed by atoms with Crippen molar-refractivity contribution in [3.8, 4) is 0 Å². The van der Waals surface area contributed by atoms with E-state index >= 15 is 0 Å². The summed E-state index contributed by atoms with van der Waals surface area (Å²) in [6, 6.07) is 5.98. The molecule has 0 bridgehead atoms. The zero-order valence-electron chi connectivity index (χ0n) is 14.0. The number of sulfonamides is 1. The van der Waals surface area contributed by atoms with E-state index in [1.807, 2.05) is 0 Å². The standard InChI is InChI=1S/C15H19ClN4O4S.ClH/c1-10-13(15(16)24-20-10)5-6-14(21)19-11-3-2-4-12(9-11)25(22,23)18-8-7-17;/h2-4,9,18H,5-8,17H2,1H3,(H,19,21);1H. The molecule has 144 valence electrons. The molecular formula is C15H20Cl2N4O4S. The third-order valence-electron chi connectivity index (χ3n) is 3.40. The summed E-state index contributed by atoms with van der Waals surface area (Å²) < 4.78 is 31.3. The Kier molecular flexibility index (Phi) is 8.51. The molecule has 0 aliphatic rings. The van der Waals surface area contributed by atoms with Crippen LogP contribution in [0.1, 0.15) is 17.7 Å². The third kappa shape index (κ3) is 5.96. The van der Waals surface area contributed by atoms with Gasteiger partial charge in [0.25, 0.3) is 0 Å². The molecule has 1 heterocycles. The molecule has 1 amide bonds. The summed E-state index contributed by atoms with van der Waals surface area (Å²) in [6.07, 6.45) is 0.528. The quantitative estimate of drug-likeness (QED) is 0.595. The highest BCUT2D eigenvalue weighted by atomic mass is 35.5. The number of amides is 1. The van der Waals surface area contributed by atoms with Gasteiger partial charge < -0.3 is 15.6 Å². The number of hydrogen-bond donors (Lipinski definition) is 3. The molecule has 1 aromatic carbocycles. The Morgan fingerprint density at radius 1 is 1.38 bits per heavy atom. The van der Waals surface area contributed by atoms with E-state index in [4.69, 9.17) is 21.9 Å². The minimum absolute atomic E-state index is 0. The van der Waals surface area contributed by atoms with Crippen molar-refractivity contribution in [2.75, 3.05) is 18.4 Å². The Balaban J connectivity index is 0.00000338. The third-order valence-corrected chi connectivity index (χ3v) is 5.16. The molecule has 2 aromatic rings. The first-order valence-corrected chi connectivity index (χ1v) is 9.40. The van der Waals surface area contributed by atoms with Crippen molar-refractivity contribution in [2.45, 2.75) is 24.7 Å². The summed E-state index contributed by atoms with van der Waals surface area (Å²) >= 11 is 5.86. The summed E-state index contributed by atoms with van der Waals surface area (Å²) in [5, 5.41) is 6.55. The van der Waals surface area contributed by atoms with Gasteiger partial charge in [-0.25, -0.2) is 13.1 Å². The van der Waals surface area contributed by atoms with Gasteiger partial charge in [0.15, 0.2) is 0 Å². The number of aryl methyl sites for hydroxylation is 1. The molecule has 26 heavy (non-hydrogen) atoms. The molecule has 4 N–H and O–H groups in total. The Morgan fingerprint density at radius 2 is 2.12 bits per heavy atom. The van der Waals surface area contributed by atoms with Gasteiger partial charge in [0.05, 0.1) is 10.6 Å². The summed E-state index contributed by atoms with van der Waals surface area (Å²) in [6.45, 7) is 2.07. The van der Waals surface area contributed by atoms with Gasteiger partial charge >= 0.3 is 0 Å². The van der Waals surface area contributed by atoms with Crippen molar-refractivity contribution >= 4 is 45.6 Å². The summed E-state index contributed by atoms with van der Waals surface area (Å²) in [4.78, 5) is 12.1. The Bertz CT molecular complexity index is 836. The minimum atomic E-state index is -3.66. The van der Waals surface area contributed by atoms with Crippen LogP contribution in [0.15, 0.2) is 33.7 Å². The second-order valence-corrected chi connectivity index (χ2v) is 7.39. The van der Waals surface area contributed by atoms with Crippen molar-refractivity contribution < 1.29 is 17.7 Å². The lowest BCUT2D eigenvalue weighted by Crippen LogP contribution is -2.29. The molecule has 0 atom stereocenters. The molecule has 2 rings (SSSR count). The largest absolute Gasteiger partial charge is 0.344 e. The van der Waals surface area contributed by atoms with Crippen LogP contribution in [-0.4, -0.2) is 32.6 Å². The van der Waals surface area contributed by atoms with Crippen LogP contribution in [-0.2, 0) is 21.2 Å². The molecular weight excluding hydrogens is 403 g/mol. The van der Waals surface area contributed by atoms with Gasteiger partial charge in [-0.3, -0.25) is 4.79 Å². The van der Waals surface area contributed by atoms with E-state index in [0.717, 1.165) is 0 Å². The van der Waals surface area contributed by atoms with E-state index in [9.17, 15) is 13.2 Å². The lowest BCUT2D eigenvalue weighted by molar-refractivity contribution is -0.116. The molecule has 1 aromatic heterocycles. The van der Waals surface area contributed by atoms with E-state index in [2.05, 4.69) is 15.2 Å². The first-order valence-electron chi connectivity index (χ1n) is 7.54. The number of hydrogen-bond acceptors (Lipinski definition) is 6. The highest BCUT2D eigenvalue weighted by molar-refractivity contribution is 7.89. The smallest absolute Gasteiger partial charge is 0.240 e. The molecule has 0 saturated carbocycles. The minimum Gasteiger partial charge on any atom is -0.344 e. The number of anilines is 1. The van der Waals surface area contributed by atoms with Crippen LogP contribution in [0.25, 0.3) is 0 Å². The average Bonchev–Trinajstić information content (AvgIpc) is 2.89. The van der Waals surface area contributed by atoms with E-state index in [-0.39, 0.29) is 47.9 Å². The number of nitrogens with one attached hydrogen (secondary N) is 2. The van der Waals surface area contributed by atoms with E-state index in [1.54, 1.807) is 19.1 Å². The van der Waals surface area contributed by atoms with Crippen LogP contribution in [0, 0.1) is 6.92 Å².